The molecule has 19 heavy (non-hydrogen) atoms. The third-order valence-corrected chi connectivity index (χ3v) is 6.30. The van der Waals surface area contributed by atoms with Gasteiger partial charge in [-0.2, -0.15) is 0 Å². The summed E-state index contributed by atoms with van der Waals surface area (Å²) in [4.78, 5) is 0. The summed E-state index contributed by atoms with van der Waals surface area (Å²) in [6.07, 6.45) is 2.02. The van der Waals surface area contributed by atoms with E-state index in [1.54, 1.807) is 0 Å². The Morgan fingerprint density at radius 2 is 1.68 bits per heavy atom. The lowest BCUT2D eigenvalue weighted by Crippen LogP contribution is -2.52. The van der Waals surface area contributed by atoms with Crippen LogP contribution in [0.1, 0.15) is 33.6 Å². The van der Waals surface area contributed by atoms with Crippen molar-refractivity contribution < 1.29 is 13.6 Å². The van der Waals surface area contributed by atoms with Gasteiger partial charge in [0.25, 0.3) is 0 Å². The Balaban J connectivity index is 4.31. The summed E-state index contributed by atoms with van der Waals surface area (Å²) in [6, 6.07) is 0. The molecule has 0 aliphatic heterocycles. The van der Waals surface area contributed by atoms with Crippen molar-refractivity contribution in [1.29, 1.82) is 0 Å². The first-order chi connectivity index (χ1) is 9.14. The fourth-order valence-corrected chi connectivity index (χ4v) is 4.94. The molecule has 0 spiro atoms. The minimum Gasteiger partial charge on any atom is -0.393 e. The average molecular weight is 292 g/mol. The first kappa shape index (κ1) is 19.0. The number of nitrogens with one attached hydrogen (secondary N) is 1. The van der Waals surface area contributed by atoms with Gasteiger partial charge in [-0.3, -0.25) is 0 Å². The highest BCUT2D eigenvalue weighted by Crippen LogP contribution is 2.20. The van der Waals surface area contributed by atoms with Gasteiger partial charge in [-0.1, -0.05) is 0 Å². The monoisotopic (exact) mass is 292 g/mol. The van der Waals surface area contributed by atoms with Crippen LogP contribution in [0.3, 0.4) is 0 Å². The molecule has 0 saturated carbocycles. The highest BCUT2D eigenvalue weighted by Gasteiger charge is 2.41. The van der Waals surface area contributed by atoms with E-state index in [9.17, 15) is 0 Å². The van der Waals surface area contributed by atoms with Gasteiger partial charge in [-0.25, -0.2) is 0 Å². The number of hydrogen-bond acceptors (Lipinski definition) is 5. The topological polar surface area (TPSA) is 65.7 Å². The van der Waals surface area contributed by atoms with Crippen LogP contribution < -0.4 is 11.1 Å². The number of rotatable bonds is 13. The van der Waals surface area contributed by atoms with Gasteiger partial charge in [-0.15, -0.1) is 0 Å². The maximum atomic E-state index is 5.91. The summed E-state index contributed by atoms with van der Waals surface area (Å²) in [6.45, 7) is 12.7. The Kier molecular flexibility index (Phi) is 11.8. The van der Waals surface area contributed by atoms with Gasteiger partial charge in [0.05, 0.1) is 0 Å². The Morgan fingerprint density at radius 3 is 2.16 bits per heavy atom. The molecule has 0 radical (unpaired) electrons. The van der Waals surface area contributed by atoms with Gasteiger partial charge < -0.3 is 24.6 Å². The van der Waals surface area contributed by atoms with Gasteiger partial charge in [0.15, 0.2) is 0 Å². The van der Waals surface area contributed by atoms with E-state index < -0.39 is 8.56 Å². The van der Waals surface area contributed by atoms with Crippen LogP contribution in [0.15, 0.2) is 0 Å². The highest BCUT2D eigenvalue weighted by atomic mass is 28.4. The molecule has 0 amide bonds. The average Bonchev–Trinajstić information content (AvgIpc) is 2.38. The van der Waals surface area contributed by atoms with Gasteiger partial charge >= 0.3 is 8.56 Å². The van der Waals surface area contributed by atoms with Crippen molar-refractivity contribution in [2.24, 2.45) is 5.73 Å². The maximum absolute atomic E-state index is 5.91. The predicted molar refractivity (Wildman–Crippen MR) is 81.4 cm³/mol. The fourth-order valence-electron chi connectivity index (χ4n) is 2.14. The molecule has 0 aliphatic carbocycles. The summed E-state index contributed by atoms with van der Waals surface area (Å²) in [5, 5.41) is 3.30. The van der Waals surface area contributed by atoms with Crippen LogP contribution in [0.4, 0.5) is 0 Å². The van der Waals surface area contributed by atoms with Crippen molar-refractivity contribution in [3.8, 4) is 0 Å². The molecule has 0 aromatic heterocycles. The lowest BCUT2D eigenvalue weighted by atomic mass is 10.3. The number of nitrogens with two attached hydrogens (primary N) is 1. The van der Waals surface area contributed by atoms with E-state index in [4.69, 9.17) is 19.3 Å². The van der Waals surface area contributed by atoms with E-state index in [0.29, 0.717) is 26.4 Å². The summed E-state index contributed by atoms with van der Waals surface area (Å²) in [5.41, 5.74) is 5.54. The summed E-state index contributed by atoms with van der Waals surface area (Å²) in [7, 11) is -2.24. The zero-order chi connectivity index (χ0) is 14.6. The smallest absolute Gasteiger partial charge is 0.364 e. The Bertz CT molecular complexity index is 202. The summed E-state index contributed by atoms with van der Waals surface area (Å²) < 4.78 is 17.7. The van der Waals surface area contributed by atoms with Crippen molar-refractivity contribution in [2.75, 3.05) is 39.5 Å². The molecular formula is C13H32N2O3Si. The van der Waals surface area contributed by atoms with Gasteiger partial charge in [0.1, 0.15) is 5.73 Å². The SMILES string of the molecule is CCOC(CCCNCCN)[Si](C)(OCC)OCC. The second-order valence-electron chi connectivity index (χ2n) is 4.51. The molecule has 0 rings (SSSR count). The molecule has 5 nitrogen and oxygen atoms in total. The van der Waals surface area contributed by atoms with Gasteiger partial charge in [0.2, 0.25) is 0 Å². The van der Waals surface area contributed by atoms with E-state index in [1.165, 1.54) is 0 Å². The van der Waals surface area contributed by atoms with Crippen LogP contribution >= 0.6 is 0 Å². The molecular weight excluding hydrogens is 260 g/mol. The maximum Gasteiger partial charge on any atom is 0.364 e. The Hall–Kier alpha value is 0.0169. The third-order valence-electron chi connectivity index (χ3n) is 2.96. The molecule has 0 fully saturated rings. The third kappa shape index (κ3) is 8.01. The van der Waals surface area contributed by atoms with E-state index >= 15 is 0 Å². The number of hydrogen-bond donors (Lipinski definition) is 2. The molecule has 1 atom stereocenters. The molecule has 6 heteroatoms. The molecule has 1 unspecified atom stereocenters. The van der Waals surface area contributed by atoms with E-state index in [-0.39, 0.29) is 5.73 Å². The molecule has 0 aromatic rings. The summed E-state index contributed by atoms with van der Waals surface area (Å²) in [5.74, 6) is 0. The Labute approximate surface area is 119 Å². The van der Waals surface area contributed by atoms with E-state index in [1.807, 2.05) is 20.8 Å². The van der Waals surface area contributed by atoms with Crippen LogP contribution in [0.25, 0.3) is 0 Å². The standard InChI is InChI=1S/C13H32N2O3Si/c1-5-16-13(9-8-11-15-12-10-14)19(4,17-6-2)18-7-3/h13,15H,5-12,14H2,1-4H3. The van der Waals surface area contributed by atoms with Crippen molar-refractivity contribution in [3.63, 3.8) is 0 Å². The van der Waals surface area contributed by atoms with Crippen molar-refractivity contribution in [3.05, 3.63) is 0 Å². The van der Waals surface area contributed by atoms with Crippen LogP contribution in [0.5, 0.6) is 0 Å². The fraction of sp³-hybridized carbons (Fsp3) is 1.00. The van der Waals surface area contributed by atoms with Gasteiger partial charge in [0, 0.05) is 32.9 Å². The molecule has 0 aliphatic rings. The largest absolute Gasteiger partial charge is 0.393 e. The first-order valence-corrected chi connectivity index (χ1v) is 9.84. The Morgan fingerprint density at radius 1 is 1.05 bits per heavy atom. The number of ether oxygens (including phenoxy) is 1. The highest BCUT2D eigenvalue weighted by molar-refractivity contribution is 6.67. The van der Waals surface area contributed by atoms with E-state index in [0.717, 1.165) is 25.9 Å². The molecule has 0 heterocycles. The van der Waals surface area contributed by atoms with Crippen LogP contribution in [-0.2, 0) is 13.6 Å². The van der Waals surface area contributed by atoms with E-state index in [2.05, 4.69) is 11.9 Å². The quantitative estimate of drug-likeness (QED) is 0.397. The zero-order valence-corrected chi connectivity index (χ0v) is 14.0. The lowest BCUT2D eigenvalue weighted by molar-refractivity contribution is 0.0502. The van der Waals surface area contributed by atoms with Crippen molar-refractivity contribution >= 4 is 8.56 Å². The zero-order valence-electron chi connectivity index (χ0n) is 13.0. The van der Waals surface area contributed by atoms with Crippen LogP contribution in [0, 0.1) is 0 Å². The van der Waals surface area contributed by atoms with Crippen molar-refractivity contribution in [2.45, 2.75) is 45.9 Å². The van der Waals surface area contributed by atoms with Crippen LogP contribution in [0.2, 0.25) is 6.55 Å². The first-order valence-electron chi connectivity index (χ1n) is 7.44. The minimum atomic E-state index is -2.24. The molecule has 0 saturated heterocycles. The second-order valence-corrected chi connectivity index (χ2v) is 7.76. The summed E-state index contributed by atoms with van der Waals surface area (Å²) >= 11 is 0. The van der Waals surface area contributed by atoms with Crippen molar-refractivity contribution in [1.82, 2.24) is 5.32 Å². The van der Waals surface area contributed by atoms with Gasteiger partial charge in [-0.05, 0) is 46.7 Å². The molecule has 0 bridgehead atoms. The molecule has 3 N–H and O–H groups in total. The minimum absolute atomic E-state index is 0.0945. The lowest BCUT2D eigenvalue weighted by Gasteiger charge is -2.33. The predicted octanol–water partition coefficient (Wildman–Crippen LogP) is 1.40. The molecule has 0 aromatic carbocycles. The van der Waals surface area contributed by atoms with Crippen LogP contribution in [-0.4, -0.2) is 53.7 Å². The normalized spacial score (nSPS) is 13.7. The second kappa shape index (κ2) is 11.8. The molecule has 116 valence electrons.